The molecule has 0 fully saturated rings. The van der Waals surface area contributed by atoms with Gasteiger partial charge in [-0.3, -0.25) is 19.2 Å². The monoisotopic (exact) mass is 546 g/mol. The van der Waals surface area contributed by atoms with Gasteiger partial charge in [-0.1, -0.05) is 13.8 Å². The van der Waals surface area contributed by atoms with Crippen LogP contribution in [0, 0.1) is 5.92 Å². The molecule has 0 heterocycles. The van der Waals surface area contributed by atoms with Crippen molar-refractivity contribution in [3.05, 3.63) is 48.0 Å². The number of carbonyl (C=O) groups excluding carboxylic acids is 3. The van der Waals surface area contributed by atoms with E-state index in [9.17, 15) is 24.3 Å². The van der Waals surface area contributed by atoms with Gasteiger partial charge in [0.15, 0.2) is 5.78 Å². The summed E-state index contributed by atoms with van der Waals surface area (Å²) in [5.74, 6) is -1.42. The van der Waals surface area contributed by atoms with E-state index in [0.717, 1.165) is 4.90 Å². The number of nitrogens with one attached hydrogen (secondary N) is 2. The summed E-state index contributed by atoms with van der Waals surface area (Å²) < 4.78 is 15.6. The van der Waals surface area contributed by atoms with Gasteiger partial charge < -0.3 is 30.0 Å². The van der Waals surface area contributed by atoms with Crippen LogP contribution in [0.1, 0.15) is 25.8 Å². The highest BCUT2D eigenvalue weighted by atomic mass is 32.2. The van der Waals surface area contributed by atoms with E-state index < -0.39 is 42.1 Å². The minimum Gasteiger partial charge on any atom is -0.497 e. The lowest BCUT2D eigenvalue weighted by molar-refractivity contribution is -0.140. The molecule has 11 heteroatoms. The molecule has 0 aliphatic heterocycles. The van der Waals surface area contributed by atoms with Crippen molar-refractivity contribution in [3.8, 4) is 17.2 Å². The summed E-state index contributed by atoms with van der Waals surface area (Å²) in [7, 11) is 4.54. The van der Waals surface area contributed by atoms with Gasteiger partial charge in [-0.25, -0.2) is 0 Å². The fourth-order valence-electron chi connectivity index (χ4n) is 3.56. The average molecular weight is 547 g/mol. The zero-order valence-electron chi connectivity index (χ0n) is 22.1. The van der Waals surface area contributed by atoms with Crippen molar-refractivity contribution >= 4 is 35.3 Å². The van der Waals surface area contributed by atoms with Gasteiger partial charge in [0.25, 0.3) is 0 Å². The normalized spacial score (nSPS) is 12.3. The highest BCUT2D eigenvalue weighted by molar-refractivity contribution is 8.00. The number of rotatable bonds is 15. The molecule has 0 aliphatic rings. The third-order valence-electron chi connectivity index (χ3n) is 5.63. The fraction of sp³-hybridized carbons (Fsp3) is 0.407. The third-order valence-corrected chi connectivity index (χ3v) is 6.66. The van der Waals surface area contributed by atoms with Crippen LogP contribution in [0.25, 0.3) is 0 Å². The minimum absolute atomic E-state index is 0.0428. The molecular formula is C27H34N2O8S. The van der Waals surface area contributed by atoms with Crippen molar-refractivity contribution < 1.29 is 38.5 Å². The number of benzene rings is 2. The molecule has 0 aromatic heterocycles. The molecule has 2 amide bonds. The summed E-state index contributed by atoms with van der Waals surface area (Å²) in [5.41, 5.74) is 0.571. The number of ketones is 1. The van der Waals surface area contributed by atoms with Gasteiger partial charge in [0.05, 0.1) is 46.0 Å². The summed E-state index contributed by atoms with van der Waals surface area (Å²) in [4.78, 5) is 51.0. The quantitative estimate of drug-likeness (QED) is 0.288. The van der Waals surface area contributed by atoms with Crippen LogP contribution in [0.5, 0.6) is 17.2 Å². The minimum atomic E-state index is -1.25. The molecule has 0 bridgehead atoms. The number of thioether (sulfide) groups is 1. The van der Waals surface area contributed by atoms with Crippen molar-refractivity contribution in [1.82, 2.24) is 10.6 Å². The van der Waals surface area contributed by atoms with Crippen molar-refractivity contribution in [2.75, 3.05) is 27.1 Å². The van der Waals surface area contributed by atoms with Crippen LogP contribution < -0.4 is 24.8 Å². The molecule has 3 N–H and O–H groups in total. The number of carboxylic acid groups (broad SMARTS) is 1. The van der Waals surface area contributed by atoms with E-state index in [4.69, 9.17) is 14.2 Å². The first-order valence-corrected chi connectivity index (χ1v) is 12.9. The van der Waals surface area contributed by atoms with E-state index in [1.807, 2.05) is 0 Å². The number of carboxylic acids is 1. The lowest BCUT2D eigenvalue weighted by Gasteiger charge is -2.25. The van der Waals surface area contributed by atoms with E-state index in [0.29, 0.717) is 22.8 Å². The summed E-state index contributed by atoms with van der Waals surface area (Å²) in [6.45, 7) is 3.48. The number of amides is 2. The van der Waals surface area contributed by atoms with E-state index in [-0.39, 0.29) is 18.1 Å². The van der Waals surface area contributed by atoms with Gasteiger partial charge >= 0.3 is 5.97 Å². The smallest absolute Gasteiger partial charge is 0.305 e. The average Bonchev–Trinajstić information content (AvgIpc) is 2.89. The molecule has 0 saturated heterocycles. The number of carbonyl (C=O) groups is 4. The van der Waals surface area contributed by atoms with Crippen molar-refractivity contribution in [3.63, 3.8) is 0 Å². The van der Waals surface area contributed by atoms with Crippen LogP contribution in [0.2, 0.25) is 0 Å². The van der Waals surface area contributed by atoms with Crippen LogP contribution in [0.15, 0.2) is 47.4 Å². The number of aliphatic carboxylic acids is 1. The Bertz CT molecular complexity index is 1120. The maximum absolute atomic E-state index is 13.1. The molecule has 2 atom stereocenters. The molecule has 2 aromatic carbocycles. The van der Waals surface area contributed by atoms with E-state index in [1.54, 1.807) is 63.4 Å². The van der Waals surface area contributed by atoms with Gasteiger partial charge in [-0.05, 0) is 48.4 Å². The Morgan fingerprint density at radius 1 is 0.895 bits per heavy atom. The largest absolute Gasteiger partial charge is 0.497 e. The summed E-state index contributed by atoms with van der Waals surface area (Å²) in [6, 6.07) is 9.88. The second kappa shape index (κ2) is 14.9. The Hall–Kier alpha value is -3.73. The molecule has 0 spiro atoms. The van der Waals surface area contributed by atoms with E-state index in [2.05, 4.69) is 10.6 Å². The topological polar surface area (TPSA) is 140 Å². The highest BCUT2D eigenvalue weighted by Crippen LogP contribution is 2.25. The summed E-state index contributed by atoms with van der Waals surface area (Å²) >= 11 is 1.22. The first kappa shape index (κ1) is 30.5. The number of ether oxygens (including phenoxy) is 3. The lowest BCUT2D eigenvalue weighted by atomic mass is 10.0. The zero-order valence-corrected chi connectivity index (χ0v) is 22.9. The maximum atomic E-state index is 13.1. The molecule has 38 heavy (non-hydrogen) atoms. The molecule has 0 unspecified atom stereocenters. The summed E-state index contributed by atoms with van der Waals surface area (Å²) in [5, 5.41) is 14.6. The molecule has 2 rings (SSSR count). The molecule has 206 valence electrons. The molecule has 10 nitrogen and oxygen atoms in total. The van der Waals surface area contributed by atoms with Gasteiger partial charge in [0.1, 0.15) is 23.3 Å². The maximum Gasteiger partial charge on any atom is 0.305 e. The Balaban J connectivity index is 2.08. The zero-order chi connectivity index (χ0) is 28.2. The van der Waals surface area contributed by atoms with Crippen molar-refractivity contribution in [1.29, 1.82) is 0 Å². The third kappa shape index (κ3) is 9.29. The predicted octanol–water partition coefficient (Wildman–Crippen LogP) is 2.72. The highest BCUT2D eigenvalue weighted by Gasteiger charge is 2.30. The van der Waals surface area contributed by atoms with Crippen LogP contribution >= 0.6 is 11.8 Å². The first-order chi connectivity index (χ1) is 18.1. The van der Waals surface area contributed by atoms with Crippen molar-refractivity contribution in [2.24, 2.45) is 5.92 Å². The second-order valence-corrected chi connectivity index (χ2v) is 9.78. The molecular weight excluding hydrogens is 512 g/mol. The molecule has 0 saturated carbocycles. The second-order valence-electron chi connectivity index (χ2n) is 8.73. The van der Waals surface area contributed by atoms with Gasteiger partial charge in [0.2, 0.25) is 11.8 Å². The van der Waals surface area contributed by atoms with Crippen LogP contribution in [0.3, 0.4) is 0 Å². The van der Waals surface area contributed by atoms with Gasteiger partial charge in [0, 0.05) is 10.5 Å². The Kier molecular flexibility index (Phi) is 11.9. The Morgan fingerprint density at radius 3 is 2.08 bits per heavy atom. The number of hydrogen-bond donors (Lipinski definition) is 3. The van der Waals surface area contributed by atoms with Gasteiger partial charge in [-0.15, -0.1) is 11.8 Å². The van der Waals surface area contributed by atoms with E-state index in [1.165, 1.54) is 26.0 Å². The van der Waals surface area contributed by atoms with E-state index >= 15 is 0 Å². The van der Waals surface area contributed by atoms with Crippen LogP contribution in [-0.4, -0.2) is 67.8 Å². The lowest BCUT2D eigenvalue weighted by Crippen LogP contribution is -2.54. The SMILES string of the molecule is COc1ccc(SCC(=O)[C@H](CC(=O)O)NC(=O)[C@@H](NC(=O)Cc2cc(OC)ccc2OC)C(C)C)cc1. The number of Topliss-reactive ketones (excluding diaryl/α,β-unsaturated/α-hetero) is 1. The molecule has 0 radical (unpaired) electrons. The van der Waals surface area contributed by atoms with Crippen LogP contribution in [0.4, 0.5) is 0 Å². The van der Waals surface area contributed by atoms with Gasteiger partial charge in [-0.2, -0.15) is 0 Å². The summed E-state index contributed by atoms with van der Waals surface area (Å²) in [6.07, 6.45) is -0.652. The number of hydrogen-bond acceptors (Lipinski definition) is 8. The number of methoxy groups -OCH3 is 3. The standard InChI is InChI=1S/C27H34N2O8S/c1-16(2)26(29-24(31)13-17-12-19(36-4)8-11-23(17)37-5)27(34)28-21(14-25(32)33)22(30)15-38-20-9-6-18(35-3)7-10-20/h6-12,16,21,26H,13-15H2,1-5H3,(H,28,34)(H,29,31)(H,32,33)/t21-,26-/m0/s1. The Labute approximate surface area is 226 Å². The molecule has 2 aromatic rings. The predicted molar refractivity (Wildman–Crippen MR) is 143 cm³/mol. The molecule has 0 aliphatic carbocycles. The van der Waals surface area contributed by atoms with Crippen molar-refractivity contribution in [2.45, 2.75) is 43.7 Å². The first-order valence-electron chi connectivity index (χ1n) is 11.9. The Morgan fingerprint density at radius 2 is 1.53 bits per heavy atom. The fourth-order valence-corrected chi connectivity index (χ4v) is 4.40. The van der Waals surface area contributed by atoms with Crippen LogP contribution in [-0.2, 0) is 25.6 Å².